The van der Waals surface area contributed by atoms with Gasteiger partial charge in [0.1, 0.15) is 11.8 Å². The topological polar surface area (TPSA) is 73.6 Å². The highest BCUT2D eigenvalue weighted by Crippen LogP contribution is 2.22. The molecule has 1 heterocycles. The Kier molecular flexibility index (Phi) is 7.02. The molecule has 0 N–H and O–H groups in total. The van der Waals surface area contributed by atoms with E-state index < -0.39 is 6.10 Å². The normalized spacial score (nSPS) is 16.0. The largest absolute Gasteiger partial charge is 0.479 e. The Bertz CT molecular complexity index is 681. The summed E-state index contributed by atoms with van der Waals surface area (Å²) in [6, 6.07) is 9.05. The number of hydrogen-bond acceptors (Lipinski definition) is 4. The van der Waals surface area contributed by atoms with Crippen LogP contribution in [-0.2, 0) is 9.59 Å². The summed E-state index contributed by atoms with van der Waals surface area (Å²) in [7, 11) is 0. The minimum atomic E-state index is -0.655. The van der Waals surface area contributed by atoms with Gasteiger partial charge in [0.2, 0.25) is 5.91 Å². The summed E-state index contributed by atoms with van der Waals surface area (Å²) >= 11 is 0. The Morgan fingerprint density at radius 2 is 1.81 bits per heavy atom. The van der Waals surface area contributed by atoms with Crippen LogP contribution in [-0.4, -0.2) is 53.9 Å². The van der Waals surface area contributed by atoms with Crippen molar-refractivity contribution in [1.29, 1.82) is 5.26 Å². The standard InChI is InChI=1S/C20H27N3O3/c1-4-18(24)22-10-7-11-23(13-12-22)20(25)19(15(2)3)26-17-9-6-5-8-16(17)14-21/h5-6,8-9,15,19H,4,7,10-13H2,1-3H3. The van der Waals surface area contributed by atoms with E-state index in [1.54, 1.807) is 29.2 Å². The maximum Gasteiger partial charge on any atom is 0.263 e. The fourth-order valence-electron chi connectivity index (χ4n) is 3.06. The Morgan fingerprint density at radius 1 is 1.15 bits per heavy atom. The SMILES string of the molecule is CCC(=O)N1CCCN(C(=O)C(Oc2ccccc2C#N)C(C)C)CC1. The summed E-state index contributed by atoms with van der Waals surface area (Å²) in [5.74, 6) is 0.433. The van der Waals surface area contributed by atoms with E-state index in [2.05, 4.69) is 6.07 Å². The quantitative estimate of drug-likeness (QED) is 0.811. The highest BCUT2D eigenvalue weighted by molar-refractivity contribution is 5.82. The van der Waals surface area contributed by atoms with Crippen LogP contribution in [0.4, 0.5) is 0 Å². The van der Waals surface area contributed by atoms with Gasteiger partial charge in [-0.05, 0) is 24.5 Å². The molecular weight excluding hydrogens is 330 g/mol. The Morgan fingerprint density at radius 3 is 2.46 bits per heavy atom. The molecule has 1 aliphatic rings. The zero-order valence-electron chi connectivity index (χ0n) is 15.8. The van der Waals surface area contributed by atoms with Crippen molar-refractivity contribution >= 4 is 11.8 Å². The summed E-state index contributed by atoms with van der Waals surface area (Å²) in [6.45, 7) is 8.07. The molecule has 0 bridgehead atoms. The monoisotopic (exact) mass is 357 g/mol. The molecule has 0 aliphatic carbocycles. The molecule has 1 fully saturated rings. The van der Waals surface area contributed by atoms with Gasteiger partial charge in [-0.1, -0.05) is 32.9 Å². The average Bonchev–Trinajstić information content (AvgIpc) is 2.91. The van der Waals surface area contributed by atoms with Crippen LogP contribution in [0.3, 0.4) is 0 Å². The van der Waals surface area contributed by atoms with Crippen molar-refractivity contribution in [2.45, 2.75) is 39.7 Å². The molecule has 26 heavy (non-hydrogen) atoms. The molecule has 2 rings (SSSR count). The number of nitriles is 1. The fourth-order valence-corrected chi connectivity index (χ4v) is 3.06. The second-order valence-corrected chi connectivity index (χ2v) is 6.80. The van der Waals surface area contributed by atoms with Gasteiger partial charge in [0, 0.05) is 32.6 Å². The maximum absolute atomic E-state index is 13.1. The molecular formula is C20H27N3O3. The molecule has 6 nitrogen and oxygen atoms in total. The summed E-state index contributed by atoms with van der Waals surface area (Å²) in [5.41, 5.74) is 0.418. The summed E-state index contributed by atoms with van der Waals surface area (Å²) in [5, 5.41) is 9.24. The zero-order chi connectivity index (χ0) is 19.1. The van der Waals surface area contributed by atoms with Gasteiger partial charge in [0.05, 0.1) is 5.56 Å². The van der Waals surface area contributed by atoms with Crippen molar-refractivity contribution in [2.24, 2.45) is 5.92 Å². The van der Waals surface area contributed by atoms with Gasteiger partial charge in [0.25, 0.3) is 5.91 Å². The Balaban J connectivity index is 2.11. The number of carbonyl (C=O) groups excluding carboxylic acids is 2. The first-order valence-electron chi connectivity index (χ1n) is 9.20. The van der Waals surface area contributed by atoms with Crippen molar-refractivity contribution in [3.63, 3.8) is 0 Å². The fraction of sp³-hybridized carbons (Fsp3) is 0.550. The van der Waals surface area contributed by atoms with Crippen LogP contribution in [0.15, 0.2) is 24.3 Å². The van der Waals surface area contributed by atoms with Crippen LogP contribution in [0.1, 0.15) is 39.2 Å². The third kappa shape index (κ3) is 4.75. The first kappa shape index (κ1) is 19.8. The minimum Gasteiger partial charge on any atom is -0.479 e. The van der Waals surface area contributed by atoms with Crippen LogP contribution in [0.2, 0.25) is 0 Å². The second-order valence-electron chi connectivity index (χ2n) is 6.80. The number of benzene rings is 1. The molecule has 0 saturated carbocycles. The zero-order valence-corrected chi connectivity index (χ0v) is 15.8. The number of amides is 2. The lowest BCUT2D eigenvalue weighted by Crippen LogP contribution is -2.46. The van der Waals surface area contributed by atoms with Gasteiger partial charge < -0.3 is 14.5 Å². The number of rotatable bonds is 5. The molecule has 1 atom stereocenters. The predicted octanol–water partition coefficient (Wildman–Crippen LogP) is 2.43. The smallest absolute Gasteiger partial charge is 0.263 e. The Hall–Kier alpha value is -2.55. The molecule has 1 aromatic carbocycles. The molecule has 1 aliphatic heterocycles. The average molecular weight is 357 g/mol. The van der Waals surface area contributed by atoms with Gasteiger partial charge in [-0.25, -0.2) is 0 Å². The molecule has 1 aromatic rings. The van der Waals surface area contributed by atoms with E-state index in [9.17, 15) is 14.9 Å². The first-order valence-corrected chi connectivity index (χ1v) is 9.20. The lowest BCUT2D eigenvalue weighted by Gasteiger charge is -2.29. The van der Waals surface area contributed by atoms with E-state index in [1.165, 1.54) is 0 Å². The van der Waals surface area contributed by atoms with Gasteiger partial charge >= 0.3 is 0 Å². The van der Waals surface area contributed by atoms with Crippen LogP contribution in [0, 0.1) is 17.2 Å². The molecule has 0 radical (unpaired) electrons. The van der Waals surface area contributed by atoms with Crippen molar-refractivity contribution < 1.29 is 14.3 Å². The molecule has 6 heteroatoms. The van der Waals surface area contributed by atoms with Gasteiger partial charge in [0.15, 0.2) is 6.10 Å². The molecule has 2 amide bonds. The highest BCUT2D eigenvalue weighted by atomic mass is 16.5. The van der Waals surface area contributed by atoms with E-state index in [0.29, 0.717) is 43.9 Å². The lowest BCUT2D eigenvalue weighted by molar-refractivity contribution is -0.141. The minimum absolute atomic E-state index is 0.0362. The molecule has 0 spiro atoms. The van der Waals surface area contributed by atoms with E-state index in [-0.39, 0.29) is 17.7 Å². The van der Waals surface area contributed by atoms with Crippen molar-refractivity contribution in [3.05, 3.63) is 29.8 Å². The van der Waals surface area contributed by atoms with E-state index >= 15 is 0 Å². The number of nitrogens with zero attached hydrogens (tertiary/aromatic N) is 3. The van der Waals surface area contributed by atoms with E-state index in [1.807, 2.05) is 25.7 Å². The van der Waals surface area contributed by atoms with Crippen LogP contribution >= 0.6 is 0 Å². The Labute approximate surface area is 155 Å². The molecule has 140 valence electrons. The van der Waals surface area contributed by atoms with Gasteiger partial charge in [-0.15, -0.1) is 0 Å². The summed E-state index contributed by atoms with van der Waals surface area (Å²) < 4.78 is 5.95. The number of hydrogen-bond donors (Lipinski definition) is 0. The number of ether oxygens (including phenoxy) is 1. The summed E-state index contributed by atoms with van der Waals surface area (Å²) in [6.07, 6.45) is 0.589. The van der Waals surface area contributed by atoms with Gasteiger partial charge in [-0.2, -0.15) is 5.26 Å². The van der Waals surface area contributed by atoms with E-state index in [4.69, 9.17) is 4.74 Å². The third-order valence-electron chi connectivity index (χ3n) is 4.57. The van der Waals surface area contributed by atoms with Crippen LogP contribution in [0.25, 0.3) is 0 Å². The lowest BCUT2D eigenvalue weighted by atomic mass is 10.1. The predicted molar refractivity (Wildman–Crippen MR) is 98.5 cm³/mol. The summed E-state index contributed by atoms with van der Waals surface area (Å²) in [4.78, 5) is 28.6. The highest BCUT2D eigenvalue weighted by Gasteiger charge is 2.31. The van der Waals surface area contributed by atoms with Crippen LogP contribution < -0.4 is 4.74 Å². The maximum atomic E-state index is 13.1. The van der Waals surface area contributed by atoms with Crippen molar-refractivity contribution in [3.8, 4) is 11.8 Å². The number of para-hydroxylation sites is 1. The molecule has 0 aromatic heterocycles. The van der Waals surface area contributed by atoms with Crippen molar-refractivity contribution in [2.75, 3.05) is 26.2 Å². The first-order chi connectivity index (χ1) is 12.5. The second kappa shape index (κ2) is 9.23. The molecule has 1 unspecified atom stereocenters. The van der Waals surface area contributed by atoms with E-state index in [0.717, 1.165) is 6.42 Å². The molecule has 1 saturated heterocycles. The van der Waals surface area contributed by atoms with Crippen molar-refractivity contribution in [1.82, 2.24) is 9.80 Å². The van der Waals surface area contributed by atoms with Crippen LogP contribution in [0.5, 0.6) is 5.75 Å². The number of carbonyl (C=O) groups is 2. The van der Waals surface area contributed by atoms with Gasteiger partial charge in [-0.3, -0.25) is 9.59 Å². The third-order valence-corrected chi connectivity index (χ3v) is 4.57.